The highest BCUT2D eigenvalue weighted by molar-refractivity contribution is 7.10. The Morgan fingerprint density at radius 1 is 1.38 bits per heavy atom. The number of aromatic carboxylic acids is 1. The topological polar surface area (TPSA) is 77.7 Å². The maximum Gasteiger partial charge on any atom is 0.273 e. The molecule has 1 aliphatic rings. The van der Waals surface area contributed by atoms with E-state index in [1.54, 1.807) is 20.9 Å². The molecular weight excluding hydrogens is 326 g/mol. The van der Waals surface area contributed by atoms with E-state index in [9.17, 15) is 14.7 Å². The van der Waals surface area contributed by atoms with Crippen molar-refractivity contribution in [1.29, 1.82) is 0 Å². The van der Waals surface area contributed by atoms with E-state index in [1.165, 1.54) is 11.3 Å². The highest BCUT2D eigenvalue weighted by Crippen LogP contribution is 2.36. The molecule has 3 aromatic heterocycles. The number of carbonyl (C=O) groups is 2. The van der Waals surface area contributed by atoms with Gasteiger partial charge in [-0.05, 0) is 31.0 Å². The normalized spacial score (nSPS) is 17.0. The molecular formula is C17H14N3O3S-. The van der Waals surface area contributed by atoms with Gasteiger partial charge < -0.3 is 14.8 Å². The molecule has 0 spiro atoms. The quantitative estimate of drug-likeness (QED) is 0.709. The zero-order chi connectivity index (χ0) is 16.8. The van der Waals surface area contributed by atoms with Gasteiger partial charge in [-0.1, -0.05) is 6.07 Å². The largest absolute Gasteiger partial charge is 0.545 e. The van der Waals surface area contributed by atoms with E-state index in [2.05, 4.69) is 4.98 Å². The number of hydrogen-bond acceptors (Lipinski definition) is 5. The standard InChI is InChI=1S/C17H15N3O3S/c1-10-15-11(12(9-24-15)17(22)23)5-7-19(10)16(21)13-8-18-14-4-2-3-6-20(13)14/h2-4,6,8-10H,5,7H2,1H3,(H,22,23)/p-1/t10-/m1/s1. The Morgan fingerprint density at radius 2 is 2.21 bits per heavy atom. The molecule has 7 heteroatoms. The van der Waals surface area contributed by atoms with Crippen molar-refractivity contribution in [2.45, 2.75) is 19.4 Å². The van der Waals surface area contributed by atoms with Crippen molar-refractivity contribution in [3.8, 4) is 0 Å². The molecule has 122 valence electrons. The first-order valence-electron chi connectivity index (χ1n) is 7.62. The SMILES string of the molecule is C[C@@H]1c2scc(C(=O)[O-])c2CCN1C(=O)c1cnc2ccccn12. The summed E-state index contributed by atoms with van der Waals surface area (Å²) >= 11 is 1.37. The maximum absolute atomic E-state index is 13.0. The van der Waals surface area contributed by atoms with Crippen LogP contribution in [-0.4, -0.2) is 32.7 Å². The fourth-order valence-electron chi connectivity index (χ4n) is 3.26. The number of pyridine rings is 1. The lowest BCUT2D eigenvalue weighted by atomic mass is 9.98. The molecule has 3 aromatic rings. The number of hydrogen-bond donors (Lipinski definition) is 0. The van der Waals surface area contributed by atoms with Crippen LogP contribution in [-0.2, 0) is 6.42 Å². The van der Waals surface area contributed by atoms with Gasteiger partial charge in [0.2, 0.25) is 0 Å². The first-order chi connectivity index (χ1) is 11.6. The van der Waals surface area contributed by atoms with Crippen LogP contribution in [0.1, 0.15) is 44.3 Å². The van der Waals surface area contributed by atoms with Crippen molar-refractivity contribution in [3.63, 3.8) is 0 Å². The molecule has 4 rings (SSSR count). The summed E-state index contributed by atoms with van der Waals surface area (Å²) in [5, 5.41) is 12.8. The lowest BCUT2D eigenvalue weighted by Crippen LogP contribution is -2.39. The minimum absolute atomic E-state index is 0.102. The summed E-state index contributed by atoms with van der Waals surface area (Å²) in [6.45, 7) is 2.40. The number of rotatable bonds is 2. The summed E-state index contributed by atoms with van der Waals surface area (Å²) in [6.07, 6.45) is 3.92. The van der Waals surface area contributed by atoms with Crippen LogP contribution in [0.3, 0.4) is 0 Å². The predicted molar refractivity (Wildman–Crippen MR) is 87.0 cm³/mol. The monoisotopic (exact) mass is 340 g/mol. The van der Waals surface area contributed by atoms with Gasteiger partial charge in [0, 0.05) is 28.6 Å². The number of carboxylic acids is 1. The summed E-state index contributed by atoms with van der Waals surface area (Å²) < 4.78 is 1.77. The maximum atomic E-state index is 13.0. The van der Waals surface area contributed by atoms with Gasteiger partial charge in [-0.15, -0.1) is 11.3 Å². The predicted octanol–water partition coefficient (Wildman–Crippen LogP) is 1.52. The van der Waals surface area contributed by atoms with E-state index in [0.717, 1.165) is 16.1 Å². The number of imidazole rings is 1. The molecule has 0 saturated heterocycles. The molecule has 0 aromatic carbocycles. The summed E-state index contributed by atoms with van der Waals surface area (Å²) in [5.74, 6) is -1.25. The minimum Gasteiger partial charge on any atom is -0.545 e. The van der Waals surface area contributed by atoms with E-state index in [1.807, 2.05) is 31.3 Å². The molecule has 1 aliphatic heterocycles. The summed E-state index contributed by atoms with van der Waals surface area (Å²) in [5.41, 5.74) is 2.29. The van der Waals surface area contributed by atoms with Crippen LogP contribution in [0.15, 0.2) is 36.0 Å². The third kappa shape index (κ3) is 2.12. The van der Waals surface area contributed by atoms with Crippen molar-refractivity contribution in [2.24, 2.45) is 0 Å². The van der Waals surface area contributed by atoms with Crippen molar-refractivity contribution in [2.75, 3.05) is 6.54 Å². The van der Waals surface area contributed by atoms with Gasteiger partial charge >= 0.3 is 0 Å². The Balaban J connectivity index is 1.70. The molecule has 0 aliphatic carbocycles. The zero-order valence-corrected chi connectivity index (χ0v) is 13.7. The first kappa shape index (κ1) is 14.9. The molecule has 1 atom stereocenters. The van der Waals surface area contributed by atoms with Gasteiger partial charge in [0.05, 0.1) is 18.2 Å². The van der Waals surface area contributed by atoms with Gasteiger partial charge in [0.15, 0.2) is 0 Å². The second-order valence-electron chi connectivity index (χ2n) is 5.78. The lowest BCUT2D eigenvalue weighted by Gasteiger charge is -2.33. The van der Waals surface area contributed by atoms with Crippen LogP contribution in [0, 0.1) is 0 Å². The van der Waals surface area contributed by atoms with Crippen molar-refractivity contribution < 1.29 is 14.7 Å². The third-order valence-corrected chi connectivity index (χ3v) is 5.69. The molecule has 0 fully saturated rings. The Kier molecular flexibility index (Phi) is 3.38. The van der Waals surface area contributed by atoms with Crippen LogP contribution in [0.25, 0.3) is 5.65 Å². The molecule has 1 amide bonds. The summed E-state index contributed by atoms with van der Waals surface area (Å²) in [4.78, 5) is 31.1. The van der Waals surface area contributed by atoms with Gasteiger partial charge in [0.25, 0.3) is 5.91 Å². The van der Waals surface area contributed by atoms with Gasteiger partial charge in [-0.2, -0.15) is 0 Å². The number of carbonyl (C=O) groups excluding carboxylic acids is 2. The number of fused-ring (bicyclic) bond motifs is 2. The Morgan fingerprint density at radius 3 is 3.00 bits per heavy atom. The molecule has 6 nitrogen and oxygen atoms in total. The molecule has 0 bridgehead atoms. The highest BCUT2D eigenvalue weighted by Gasteiger charge is 2.32. The molecule has 4 heterocycles. The number of thiophene rings is 1. The van der Waals surface area contributed by atoms with Crippen LogP contribution < -0.4 is 5.11 Å². The summed E-state index contributed by atoms with van der Waals surface area (Å²) in [7, 11) is 0. The van der Waals surface area contributed by atoms with E-state index in [-0.39, 0.29) is 17.5 Å². The van der Waals surface area contributed by atoms with Crippen molar-refractivity contribution in [3.05, 3.63) is 57.7 Å². The fraction of sp³-hybridized carbons (Fsp3) is 0.235. The third-order valence-electron chi connectivity index (χ3n) is 4.49. The van der Waals surface area contributed by atoms with Crippen LogP contribution in [0.5, 0.6) is 0 Å². The Hall–Kier alpha value is -2.67. The molecule has 24 heavy (non-hydrogen) atoms. The fourth-order valence-corrected chi connectivity index (χ4v) is 4.42. The van der Waals surface area contributed by atoms with E-state index in [4.69, 9.17) is 0 Å². The van der Waals surface area contributed by atoms with Crippen molar-refractivity contribution >= 4 is 28.9 Å². The van der Waals surface area contributed by atoms with Crippen LogP contribution in [0.2, 0.25) is 0 Å². The first-order valence-corrected chi connectivity index (χ1v) is 8.50. The summed E-state index contributed by atoms with van der Waals surface area (Å²) in [6, 6.07) is 5.40. The van der Waals surface area contributed by atoms with Crippen LogP contribution >= 0.6 is 11.3 Å². The lowest BCUT2D eigenvalue weighted by molar-refractivity contribution is -0.255. The average molecular weight is 340 g/mol. The van der Waals surface area contributed by atoms with Gasteiger partial charge in [-0.3, -0.25) is 9.20 Å². The number of carboxylic acid groups (broad SMARTS) is 1. The zero-order valence-electron chi connectivity index (χ0n) is 12.9. The molecule has 0 radical (unpaired) electrons. The molecule has 0 saturated carbocycles. The molecule has 0 N–H and O–H groups in total. The number of aromatic nitrogens is 2. The van der Waals surface area contributed by atoms with E-state index in [0.29, 0.717) is 18.7 Å². The van der Waals surface area contributed by atoms with Crippen LogP contribution in [0.4, 0.5) is 0 Å². The number of nitrogens with zero attached hydrogens (tertiary/aromatic N) is 3. The number of amides is 1. The second kappa shape index (κ2) is 5.45. The van der Waals surface area contributed by atoms with Gasteiger partial charge in [0.1, 0.15) is 11.3 Å². The van der Waals surface area contributed by atoms with Crippen molar-refractivity contribution in [1.82, 2.24) is 14.3 Å². The minimum atomic E-state index is -1.15. The van der Waals surface area contributed by atoms with E-state index < -0.39 is 5.97 Å². The molecule has 0 unspecified atom stereocenters. The second-order valence-corrected chi connectivity index (χ2v) is 6.69. The Bertz CT molecular complexity index is 959. The Labute approximate surface area is 142 Å². The van der Waals surface area contributed by atoms with E-state index >= 15 is 0 Å². The highest BCUT2D eigenvalue weighted by atomic mass is 32.1. The van der Waals surface area contributed by atoms with Gasteiger partial charge in [-0.25, -0.2) is 4.98 Å². The average Bonchev–Trinajstić information content (AvgIpc) is 3.19. The smallest absolute Gasteiger partial charge is 0.273 e.